The van der Waals surface area contributed by atoms with Crippen LogP contribution in [0, 0.1) is 0 Å². The van der Waals surface area contributed by atoms with Gasteiger partial charge >= 0.3 is 0 Å². The third kappa shape index (κ3) is 3.19. The lowest BCUT2D eigenvalue weighted by Crippen LogP contribution is -2.21. The first kappa shape index (κ1) is 16.3. The van der Waals surface area contributed by atoms with Crippen LogP contribution < -0.4 is 20.1 Å². The van der Waals surface area contributed by atoms with Crippen LogP contribution in [0.25, 0.3) is 16.8 Å². The van der Waals surface area contributed by atoms with Crippen molar-refractivity contribution in [1.29, 1.82) is 0 Å². The second kappa shape index (κ2) is 6.88. The molecule has 0 saturated carbocycles. The van der Waals surface area contributed by atoms with Crippen LogP contribution in [-0.4, -0.2) is 24.2 Å². The number of amides is 1. The van der Waals surface area contributed by atoms with Gasteiger partial charge < -0.3 is 14.8 Å². The first-order chi connectivity index (χ1) is 11.6. The van der Waals surface area contributed by atoms with Crippen LogP contribution >= 0.6 is 12.2 Å². The fraction of sp³-hybridized carbons (Fsp3) is 0.222. The van der Waals surface area contributed by atoms with E-state index in [0.29, 0.717) is 29.8 Å². The van der Waals surface area contributed by atoms with Crippen molar-refractivity contribution in [3.8, 4) is 11.5 Å². The third-order valence-electron chi connectivity index (χ3n) is 3.61. The maximum atomic E-state index is 12.0. The molecule has 1 aliphatic heterocycles. The molecule has 0 spiro atoms. The van der Waals surface area contributed by atoms with Crippen molar-refractivity contribution in [2.75, 3.05) is 13.2 Å². The van der Waals surface area contributed by atoms with Crippen LogP contribution in [0.3, 0.4) is 0 Å². The molecule has 0 aliphatic carbocycles. The van der Waals surface area contributed by atoms with Crippen molar-refractivity contribution in [1.82, 2.24) is 10.6 Å². The molecule has 1 heterocycles. The van der Waals surface area contributed by atoms with Gasteiger partial charge in [0.15, 0.2) is 5.11 Å². The van der Waals surface area contributed by atoms with Gasteiger partial charge in [-0.25, -0.2) is 0 Å². The van der Waals surface area contributed by atoms with Crippen LogP contribution in [0.1, 0.15) is 19.4 Å². The minimum atomic E-state index is -0.250. The molecule has 0 bridgehead atoms. The fourth-order valence-corrected chi connectivity index (χ4v) is 2.82. The van der Waals surface area contributed by atoms with E-state index in [2.05, 4.69) is 10.6 Å². The Morgan fingerprint density at radius 3 is 2.50 bits per heavy atom. The molecular weight excluding hydrogens is 324 g/mol. The highest BCUT2D eigenvalue weighted by atomic mass is 32.1. The zero-order valence-electron chi connectivity index (χ0n) is 13.5. The molecule has 6 heteroatoms. The molecule has 2 aromatic carbocycles. The van der Waals surface area contributed by atoms with Crippen LogP contribution in [-0.2, 0) is 4.79 Å². The lowest BCUT2D eigenvalue weighted by Gasteiger charge is -2.12. The number of nitrogens with one attached hydrogen (secondary N) is 2. The van der Waals surface area contributed by atoms with E-state index in [-0.39, 0.29) is 5.91 Å². The Balaban J connectivity index is 2.19. The Morgan fingerprint density at radius 2 is 1.83 bits per heavy atom. The molecule has 0 aromatic heterocycles. The molecule has 1 amide bonds. The molecule has 0 unspecified atom stereocenters. The number of thiocarbonyl (C=S) groups is 1. The van der Waals surface area contributed by atoms with E-state index in [1.54, 1.807) is 6.08 Å². The van der Waals surface area contributed by atoms with Gasteiger partial charge in [-0.05, 0) is 61.1 Å². The summed E-state index contributed by atoms with van der Waals surface area (Å²) >= 11 is 4.99. The van der Waals surface area contributed by atoms with Crippen LogP contribution in [0.15, 0.2) is 36.0 Å². The summed E-state index contributed by atoms with van der Waals surface area (Å²) in [5.74, 6) is 1.23. The van der Waals surface area contributed by atoms with E-state index in [0.717, 1.165) is 22.1 Å². The van der Waals surface area contributed by atoms with Crippen LogP contribution in [0.2, 0.25) is 0 Å². The van der Waals surface area contributed by atoms with Crippen LogP contribution in [0.5, 0.6) is 11.5 Å². The van der Waals surface area contributed by atoms with Crippen molar-refractivity contribution < 1.29 is 14.3 Å². The monoisotopic (exact) mass is 342 g/mol. The van der Waals surface area contributed by atoms with Crippen LogP contribution in [0.4, 0.5) is 0 Å². The molecule has 1 saturated heterocycles. The summed E-state index contributed by atoms with van der Waals surface area (Å²) in [6, 6.07) is 9.77. The Kier molecular flexibility index (Phi) is 4.66. The maximum absolute atomic E-state index is 12.0. The highest BCUT2D eigenvalue weighted by Gasteiger charge is 2.21. The lowest BCUT2D eigenvalue weighted by molar-refractivity contribution is -0.115. The molecule has 3 rings (SSSR count). The van der Waals surface area contributed by atoms with E-state index in [1.165, 1.54) is 0 Å². The van der Waals surface area contributed by atoms with Crippen molar-refractivity contribution in [3.63, 3.8) is 0 Å². The molecule has 124 valence electrons. The second-order valence-electron chi connectivity index (χ2n) is 5.19. The quantitative estimate of drug-likeness (QED) is 0.646. The fourth-order valence-electron chi connectivity index (χ4n) is 2.62. The molecule has 0 radical (unpaired) electrons. The van der Waals surface area contributed by atoms with Gasteiger partial charge in [-0.3, -0.25) is 10.1 Å². The van der Waals surface area contributed by atoms with E-state index >= 15 is 0 Å². The zero-order valence-corrected chi connectivity index (χ0v) is 14.3. The average Bonchev–Trinajstić information content (AvgIpc) is 2.88. The Labute approximate surface area is 145 Å². The molecule has 24 heavy (non-hydrogen) atoms. The average molecular weight is 342 g/mol. The van der Waals surface area contributed by atoms with Crippen molar-refractivity contribution in [3.05, 3.63) is 41.6 Å². The van der Waals surface area contributed by atoms with Gasteiger partial charge in [0.1, 0.15) is 17.2 Å². The smallest absolute Gasteiger partial charge is 0.273 e. The van der Waals surface area contributed by atoms with Crippen molar-refractivity contribution in [2.45, 2.75) is 13.8 Å². The van der Waals surface area contributed by atoms with Gasteiger partial charge in [0.05, 0.1) is 13.2 Å². The molecule has 0 atom stereocenters. The molecule has 2 aromatic rings. The molecular formula is C18H18N2O3S. The minimum absolute atomic E-state index is 0.250. The standard InChI is InChI=1S/C18H18N2O3S/c1-3-22-12-7-5-11-6-8-16(23-4-2)14(13(11)9-12)10-15-17(21)20-18(24)19-15/h5-10H,3-4H2,1-2H3,(H2,19,20,21,24). The number of rotatable bonds is 5. The third-order valence-corrected chi connectivity index (χ3v) is 3.82. The summed E-state index contributed by atoms with van der Waals surface area (Å²) < 4.78 is 11.3. The molecule has 1 fully saturated rings. The number of hydrogen-bond acceptors (Lipinski definition) is 4. The minimum Gasteiger partial charge on any atom is -0.494 e. The van der Waals surface area contributed by atoms with E-state index in [1.807, 2.05) is 44.2 Å². The highest BCUT2D eigenvalue weighted by molar-refractivity contribution is 7.80. The number of benzene rings is 2. The van der Waals surface area contributed by atoms with E-state index in [4.69, 9.17) is 21.7 Å². The van der Waals surface area contributed by atoms with Gasteiger partial charge in [-0.15, -0.1) is 0 Å². The van der Waals surface area contributed by atoms with E-state index in [9.17, 15) is 4.79 Å². The maximum Gasteiger partial charge on any atom is 0.273 e. The lowest BCUT2D eigenvalue weighted by atomic mass is 10.0. The number of carbonyl (C=O) groups is 1. The van der Waals surface area contributed by atoms with Gasteiger partial charge in [0, 0.05) is 5.56 Å². The summed E-state index contributed by atoms with van der Waals surface area (Å²) in [4.78, 5) is 12.0. The molecule has 1 aliphatic rings. The molecule has 2 N–H and O–H groups in total. The van der Waals surface area contributed by atoms with Gasteiger partial charge in [-0.2, -0.15) is 0 Å². The summed E-state index contributed by atoms with van der Waals surface area (Å²) in [5.41, 5.74) is 1.22. The second-order valence-corrected chi connectivity index (χ2v) is 5.60. The predicted octanol–water partition coefficient (Wildman–Crippen LogP) is 2.98. The van der Waals surface area contributed by atoms with Crippen molar-refractivity contribution >= 4 is 40.1 Å². The number of carbonyl (C=O) groups excluding carboxylic acids is 1. The van der Waals surface area contributed by atoms with Gasteiger partial charge in [0.25, 0.3) is 5.91 Å². The summed E-state index contributed by atoms with van der Waals surface area (Å²) in [6.45, 7) is 4.99. The van der Waals surface area contributed by atoms with Gasteiger partial charge in [0.2, 0.25) is 0 Å². The van der Waals surface area contributed by atoms with E-state index < -0.39 is 0 Å². The molecule has 5 nitrogen and oxygen atoms in total. The zero-order chi connectivity index (χ0) is 17.1. The number of ether oxygens (including phenoxy) is 2. The topological polar surface area (TPSA) is 59.6 Å². The summed E-state index contributed by atoms with van der Waals surface area (Å²) in [6.07, 6.45) is 1.76. The Morgan fingerprint density at radius 1 is 1.08 bits per heavy atom. The normalized spacial score (nSPS) is 15.5. The Hall–Kier alpha value is -2.60. The SMILES string of the molecule is CCOc1ccc2ccc(OCC)c(C=C3NC(=S)NC3=O)c2c1. The van der Waals surface area contributed by atoms with Crippen molar-refractivity contribution in [2.24, 2.45) is 0 Å². The largest absolute Gasteiger partial charge is 0.494 e. The summed E-state index contributed by atoms with van der Waals surface area (Å²) in [5, 5.41) is 7.73. The van der Waals surface area contributed by atoms with Gasteiger partial charge in [-0.1, -0.05) is 12.1 Å². The summed E-state index contributed by atoms with van der Waals surface area (Å²) in [7, 11) is 0. The number of hydrogen-bond donors (Lipinski definition) is 2. The highest BCUT2D eigenvalue weighted by Crippen LogP contribution is 2.33. The predicted molar refractivity (Wildman–Crippen MR) is 98.1 cm³/mol. The first-order valence-corrected chi connectivity index (χ1v) is 8.19. The first-order valence-electron chi connectivity index (χ1n) is 7.78. The Bertz CT molecular complexity index is 840. The number of fused-ring (bicyclic) bond motifs is 1.